The molecule has 6 nitrogen and oxygen atoms in total. The van der Waals surface area contributed by atoms with Crippen LogP contribution >= 0.6 is 0 Å². The highest BCUT2D eigenvalue weighted by atomic mass is 16.2. The van der Waals surface area contributed by atoms with Crippen molar-refractivity contribution in [3.8, 4) is 0 Å². The van der Waals surface area contributed by atoms with Crippen LogP contribution < -0.4 is 5.32 Å². The average molecular weight is 268 g/mol. The van der Waals surface area contributed by atoms with Gasteiger partial charge in [0.2, 0.25) is 0 Å². The van der Waals surface area contributed by atoms with Crippen molar-refractivity contribution in [2.24, 2.45) is 0 Å². The number of hydrogen-bond acceptors (Lipinski definition) is 4. The highest BCUT2D eigenvalue weighted by Crippen LogP contribution is 2.35. The first-order valence-electron chi connectivity index (χ1n) is 7.02. The van der Waals surface area contributed by atoms with E-state index in [1.165, 1.54) is 4.90 Å². The number of nitrogens with one attached hydrogen (secondary N) is 1. The highest BCUT2D eigenvalue weighted by Gasteiger charge is 2.56. The van der Waals surface area contributed by atoms with Gasteiger partial charge in [0.15, 0.2) is 0 Å². The number of likely N-dealkylation sites (N-methyl/N-ethyl adjacent to an activating group) is 2. The van der Waals surface area contributed by atoms with E-state index in [4.69, 9.17) is 0 Å². The molecule has 0 saturated carbocycles. The normalized spacial score (nSPS) is 22.9. The van der Waals surface area contributed by atoms with Gasteiger partial charge in [-0.3, -0.25) is 9.69 Å². The van der Waals surface area contributed by atoms with E-state index < -0.39 is 5.54 Å². The van der Waals surface area contributed by atoms with Crippen molar-refractivity contribution in [3.63, 3.8) is 0 Å². The summed E-state index contributed by atoms with van der Waals surface area (Å²) in [6.45, 7) is 5.35. The molecule has 0 aromatic heterocycles. The fraction of sp³-hybridized carbons (Fsp3) is 0.846. The zero-order valence-corrected chi connectivity index (χ0v) is 12.1. The molecular weight excluding hydrogens is 244 g/mol. The number of imide groups is 1. The summed E-state index contributed by atoms with van der Waals surface area (Å²) >= 11 is 0. The zero-order chi connectivity index (χ0) is 14.0. The van der Waals surface area contributed by atoms with E-state index in [2.05, 4.69) is 5.32 Å². The lowest BCUT2D eigenvalue weighted by atomic mass is 9.87. The van der Waals surface area contributed by atoms with Crippen LogP contribution in [-0.4, -0.2) is 79.0 Å². The molecule has 0 bridgehead atoms. The monoisotopic (exact) mass is 268 g/mol. The molecule has 2 fully saturated rings. The Morgan fingerprint density at radius 1 is 1.26 bits per heavy atom. The van der Waals surface area contributed by atoms with Gasteiger partial charge in [0.05, 0.1) is 0 Å². The van der Waals surface area contributed by atoms with Crippen molar-refractivity contribution in [1.82, 2.24) is 20.0 Å². The van der Waals surface area contributed by atoms with Crippen LogP contribution in [0.4, 0.5) is 4.79 Å². The van der Waals surface area contributed by atoms with Crippen molar-refractivity contribution in [2.75, 3.05) is 46.8 Å². The lowest BCUT2D eigenvalue weighted by Crippen LogP contribution is -2.55. The molecule has 1 N–H and O–H groups in total. The summed E-state index contributed by atoms with van der Waals surface area (Å²) in [4.78, 5) is 30.3. The third-order valence-corrected chi connectivity index (χ3v) is 4.14. The second-order valence-electron chi connectivity index (χ2n) is 5.57. The quantitative estimate of drug-likeness (QED) is 0.727. The largest absolute Gasteiger partial charge is 0.327 e. The molecule has 0 aromatic rings. The number of carbonyl (C=O) groups excluding carboxylic acids is 2. The molecule has 0 unspecified atom stereocenters. The predicted molar refractivity (Wildman–Crippen MR) is 72.9 cm³/mol. The Labute approximate surface area is 114 Å². The van der Waals surface area contributed by atoms with E-state index in [-0.39, 0.29) is 11.9 Å². The van der Waals surface area contributed by atoms with Crippen LogP contribution in [0.2, 0.25) is 0 Å². The highest BCUT2D eigenvalue weighted by molar-refractivity contribution is 6.07. The number of piperidine rings is 1. The maximum absolute atomic E-state index is 12.7. The van der Waals surface area contributed by atoms with Gasteiger partial charge >= 0.3 is 6.03 Å². The summed E-state index contributed by atoms with van der Waals surface area (Å²) in [6.07, 6.45) is 1.45. The summed E-state index contributed by atoms with van der Waals surface area (Å²) < 4.78 is 0. The van der Waals surface area contributed by atoms with E-state index in [1.54, 1.807) is 4.90 Å². The van der Waals surface area contributed by atoms with E-state index in [1.807, 2.05) is 25.9 Å². The number of nitrogens with zero attached hydrogens (tertiary/aromatic N) is 3. The summed E-state index contributed by atoms with van der Waals surface area (Å²) in [6, 6.07) is -0.115. The minimum absolute atomic E-state index is 0.00250. The number of amides is 3. The van der Waals surface area contributed by atoms with Gasteiger partial charge in [-0.2, -0.15) is 0 Å². The van der Waals surface area contributed by atoms with Gasteiger partial charge in [0.1, 0.15) is 5.54 Å². The molecule has 2 heterocycles. The molecule has 108 valence electrons. The Kier molecular flexibility index (Phi) is 4.10. The Balaban J connectivity index is 2.20. The molecule has 3 amide bonds. The van der Waals surface area contributed by atoms with Crippen LogP contribution in [0, 0.1) is 0 Å². The van der Waals surface area contributed by atoms with Gasteiger partial charge in [-0.25, -0.2) is 4.79 Å². The third-order valence-electron chi connectivity index (χ3n) is 4.14. The molecule has 1 spiro atoms. The van der Waals surface area contributed by atoms with Gasteiger partial charge in [-0.15, -0.1) is 0 Å². The molecular formula is C13H24N4O2. The molecule has 2 aliphatic rings. The fourth-order valence-corrected chi connectivity index (χ4v) is 3.04. The Morgan fingerprint density at radius 3 is 2.42 bits per heavy atom. The lowest BCUT2D eigenvalue weighted by molar-refractivity contribution is -0.134. The van der Waals surface area contributed by atoms with Crippen molar-refractivity contribution in [1.29, 1.82) is 0 Å². The number of carbonyl (C=O) groups is 2. The number of urea groups is 1. The van der Waals surface area contributed by atoms with Crippen molar-refractivity contribution in [2.45, 2.75) is 25.3 Å². The summed E-state index contributed by atoms with van der Waals surface area (Å²) in [5.74, 6) is 0.00250. The molecule has 0 radical (unpaired) electrons. The van der Waals surface area contributed by atoms with Crippen LogP contribution in [0.5, 0.6) is 0 Å². The number of rotatable bonds is 4. The molecule has 0 aliphatic carbocycles. The van der Waals surface area contributed by atoms with Crippen molar-refractivity contribution in [3.05, 3.63) is 0 Å². The lowest BCUT2D eigenvalue weighted by Gasteiger charge is -2.37. The molecule has 2 aliphatic heterocycles. The predicted octanol–water partition coefficient (Wildman–Crippen LogP) is -0.0457. The molecule has 0 aromatic carbocycles. The van der Waals surface area contributed by atoms with Crippen LogP contribution in [-0.2, 0) is 4.79 Å². The van der Waals surface area contributed by atoms with Gasteiger partial charge in [0, 0.05) is 19.6 Å². The van der Waals surface area contributed by atoms with Gasteiger partial charge < -0.3 is 15.1 Å². The van der Waals surface area contributed by atoms with Crippen LogP contribution in [0.3, 0.4) is 0 Å². The average Bonchev–Trinajstić information content (AvgIpc) is 2.57. The minimum Gasteiger partial charge on any atom is -0.317 e. The SMILES string of the molecule is CCN1C(=O)N(CCN(C)C)C(=O)C12CCNCC2. The minimum atomic E-state index is -0.580. The van der Waals surface area contributed by atoms with Crippen LogP contribution in [0.15, 0.2) is 0 Å². The first-order valence-corrected chi connectivity index (χ1v) is 7.02. The Hall–Kier alpha value is -1.14. The third kappa shape index (κ3) is 2.34. The zero-order valence-electron chi connectivity index (χ0n) is 12.1. The molecule has 0 atom stereocenters. The first kappa shape index (κ1) is 14.3. The van der Waals surface area contributed by atoms with Crippen LogP contribution in [0.1, 0.15) is 19.8 Å². The van der Waals surface area contributed by atoms with Gasteiger partial charge in [-0.1, -0.05) is 0 Å². The number of hydrogen-bond donors (Lipinski definition) is 1. The van der Waals surface area contributed by atoms with E-state index >= 15 is 0 Å². The van der Waals surface area contributed by atoms with Gasteiger partial charge in [0.25, 0.3) is 5.91 Å². The molecule has 2 saturated heterocycles. The summed E-state index contributed by atoms with van der Waals surface area (Å²) in [5.41, 5.74) is -0.580. The van der Waals surface area contributed by atoms with Crippen molar-refractivity contribution < 1.29 is 9.59 Å². The standard InChI is InChI=1S/C13H24N4O2/c1-4-17-12(19)16(10-9-15(2)3)11(18)13(17)5-7-14-8-6-13/h14H,4-10H2,1-3H3. The fourth-order valence-electron chi connectivity index (χ4n) is 3.04. The van der Waals surface area contributed by atoms with Gasteiger partial charge in [-0.05, 0) is 47.0 Å². The van der Waals surface area contributed by atoms with E-state index in [0.29, 0.717) is 19.6 Å². The smallest absolute Gasteiger partial charge is 0.317 e. The Morgan fingerprint density at radius 2 is 1.89 bits per heavy atom. The maximum Gasteiger partial charge on any atom is 0.327 e. The second kappa shape index (κ2) is 5.46. The molecule has 19 heavy (non-hydrogen) atoms. The summed E-state index contributed by atoms with van der Waals surface area (Å²) in [7, 11) is 3.89. The molecule has 2 rings (SSSR count). The van der Waals surface area contributed by atoms with Crippen molar-refractivity contribution >= 4 is 11.9 Å². The van der Waals surface area contributed by atoms with Crippen LogP contribution in [0.25, 0.3) is 0 Å². The van der Waals surface area contributed by atoms with E-state index in [9.17, 15) is 9.59 Å². The Bertz CT molecular complexity index is 364. The maximum atomic E-state index is 12.7. The summed E-state index contributed by atoms with van der Waals surface area (Å²) in [5, 5.41) is 3.26. The second-order valence-corrected chi connectivity index (χ2v) is 5.57. The topological polar surface area (TPSA) is 55.9 Å². The van der Waals surface area contributed by atoms with E-state index in [0.717, 1.165) is 25.9 Å². The molecule has 6 heteroatoms. The first-order chi connectivity index (χ1) is 9.03.